The van der Waals surface area contributed by atoms with E-state index in [1.165, 1.54) is 0 Å². The minimum absolute atomic E-state index is 0.200. The first-order valence-electron chi connectivity index (χ1n) is 8.99. The molecule has 2 aromatic heterocycles. The van der Waals surface area contributed by atoms with E-state index in [1.807, 2.05) is 49.6 Å². The van der Waals surface area contributed by atoms with Crippen LogP contribution in [0.15, 0.2) is 54.7 Å². The van der Waals surface area contributed by atoms with Crippen molar-refractivity contribution >= 4 is 10.9 Å². The molecule has 27 heavy (non-hydrogen) atoms. The third kappa shape index (κ3) is 2.84. The van der Waals surface area contributed by atoms with Gasteiger partial charge in [0.05, 0.1) is 16.9 Å². The van der Waals surface area contributed by atoms with Crippen molar-refractivity contribution in [2.24, 2.45) is 7.05 Å². The standard InChI is InChI=1S/C21H19N5O/c1-26-12-15-8-13(3-5-19(15)25-26)14-2-4-17(21(27)9-14)20-7-6-18(23-24-20)16-10-22-11-16/h2-9,12,16,22,27H,10-11H2,1H3. The molecular weight excluding hydrogens is 338 g/mol. The Morgan fingerprint density at radius 3 is 2.52 bits per heavy atom. The summed E-state index contributed by atoms with van der Waals surface area (Å²) in [6.07, 6.45) is 1.99. The lowest BCUT2D eigenvalue weighted by atomic mass is 9.98. The van der Waals surface area contributed by atoms with E-state index in [-0.39, 0.29) is 5.75 Å². The van der Waals surface area contributed by atoms with Crippen molar-refractivity contribution in [3.8, 4) is 28.1 Å². The van der Waals surface area contributed by atoms with E-state index in [1.54, 1.807) is 10.7 Å². The van der Waals surface area contributed by atoms with E-state index in [0.29, 0.717) is 17.2 Å². The maximum Gasteiger partial charge on any atom is 0.125 e. The zero-order valence-corrected chi connectivity index (χ0v) is 14.9. The highest BCUT2D eigenvalue weighted by molar-refractivity contribution is 5.85. The summed E-state index contributed by atoms with van der Waals surface area (Å²) in [5.41, 5.74) is 5.31. The van der Waals surface area contributed by atoms with Gasteiger partial charge in [0.15, 0.2) is 0 Å². The van der Waals surface area contributed by atoms with Gasteiger partial charge in [0.2, 0.25) is 0 Å². The number of aryl methyl sites for hydroxylation is 1. The summed E-state index contributed by atoms with van der Waals surface area (Å²) in [6, 6.07) is 15.7. The Morgan fingerprint density at radius 1 is 1.00 bits per heavy atom. The molecule has 1 fully saturated rings. The molecule has 3 heterocycles. The van der Waals surface area contributed by atoms with E-state index >= 15 is 0 Å². The van der Waals surface area contributed by atoms with Crippen LogP contribution in [0.1, 0.15) is 11.6 Å². The lowest BCUT2D eigenvalue weighted by molar-refractivity contribution is 0.436. The molecule has 5 rings (SSSR count). The van der Waals surface area contributed by atoms with Crippen LogP contribution in [0.3, 0.4) is 0 Å². The summed E-state index contributed by atoms with van der Waals surface area (Å²) in [5.74, 6) is 0.649. The van der Waals surface area contributed by atoms with Crippen molar-refractivity contribution < 1.29 is 5.11 Å². The van der Waals surface area contributed by atoms with Crippen LogP contribution in [0, 0.1) is 0 Å². The number of nitrogens with one attached hydrogen (secondary N) is 1. The molecule has 134 valence electrons. The molecule has 0 spiro atoms. The van der Waals surface area contributed by atoms with Crippen LogP contribution >= 0.6 is 0 Å². The molecule has 1 aliphatic rings. The van der Waals surface area contributed by atoms with Gasteiger partial charge < -0.3 is 10.4 Å². The molecule has 0 bridgehead atoms. The van der Waals surface area contributed by atoms with E-state index in [9.17, 15) is 5.11 Å². The summed E-state index contributed by atoms with van der Waals surface area (Å²) in [5, 5.41) is 27.9. The Bertz CT molecular complexity index is 1130. The van der Waals surface area contributed by atoms with Gasteiger partial charge >= 0.3 is 0 Å². The topological polar surface area (TPSA) is 75.9 Å². The fraction of sp³-hybridized carbons (Fsp3) is 0.190. The van der Waals surface area contributed by atoms with Gasteiger partial charge in [-0.2, -0.15) is 15.3 Å². The van der Waals surface area contributed by atoms with Crippen LogP contribution in [0.2, 0.25) is 0 Å². The first-order chi connectivity index (χ1) is 13.2. The second kappa shape index (κ2) is 6.17. The summed E-state index contributed by atoms with van der Waals surface area (Å²) in [4.78, 5) is 0. The van der Waals surface area contributed by atoms with Crippen LogP contribution in [-0.2, 0) is 7.05 Å². The molecule has 6 heteroatoms. The molecule has 2 N–H and O–H groups in total. The third-order valence-corrected chi connectivity index (χ3v) is 5.11. The fourth-order valence-electron chi connectivity index (χ4n) is 3.46. The van der Waals surface area contributed by atoms with Crippen molar-refractivity contribution in [3.05, 3.63) is 60.4 Å². The van der Waals surface area contributed by atoms with Crippen molar-refractivity contribution in [1.29, 1.82) is 0 Å². The van der Waals surface area contributed by atoms with Crippen molar-refractivity contribution in [1.82, 2.24) is 25.3 Å². The molecular formula is C21H19N5O. The van der Waals surface area contributed by atoms with Gasteiger partial charge in [0.1, 0.15) is 5.75 Å². The number of hydrogen-bond donors (Lipinski definition) is 2. The van der Waals surface area contributed by atoms with Crippen LogP contribution in [0.4, 0.5) is 0 Å². The second-order valence-corrected chi connectivity index (χ2v) is 7.01. The van der Waals surface area contributed by atoms with Crippen molar-refractivity contribution in [2.45, 2.75) is 5.92 Å². The number of fused-ring (bicyclic) bond motifs is 1. The van der Waals surface area contributed by atoms with Gasteiger partial charge in [-0.15, -0.1) is 0 Å². The zero-order valence-electron chi connectivity index (χ0n) is 14.9. The highest BCUT2D eigenvalue weighted by atomic mass is 16.3. The molecule has 0 amide bonds. The lowest BCUT2D eigenvalue weighted by Crippen LogP contribution is -2.40. The molecule has 4 aromatic rings. The maximum absolute atomic E-state index is 10.6. The summed E-state index contributed by atoms with van der Waals surface area (Å²) < 4.78 is 1.80. The second-order valence-electron chi connectivity index (χ2n) is 7.01. The van der Waals surface area contributed by atoms with Crippen LogP contribution in [0.5, 0.6) is 5.75 Å². The zero-order chi connectivity index (χ0) is 18.4. The third-order valence-electron chi connectivity index (χ3n) is 5.11. The summed E-state index contributed by atoms with van der Waals surface area (Å²) >= 11 is 0. The Morgan fingerprint density at radius 2 is 1.81 bits per heavy atom. The molecule has 0 atom stereocenters. The number of phenolic OH excluding ortho intramolecular Hbond substituents is 1. The van der Waals surface area contributed by atoms with Crippen molar-refractivity contribution in [3.63, 3.8) is 0 Å². The van der Waals surface area contributed by atoms with Gasteiger partial charge in [-0.1, -0.05) is 12.1 Å². The first kappa shape index (κ1) is 16.0. The number of aromatic nitrogens is 4. The Hall–Kier alpha value is -3.25. The molecule has 0 aliphatic carbocycles. The molecule has 2 aromatic carbocycles. The van der Waals surface area contributed by atoms with Gasteiger partial charge in [-0.3, -0.25) is 4.68 Å². The van der Waals surface area contributed by atoms with E-state index in [0.717, 1.165) is 40.8 Å². The average Bonchev–Trinajstić information content (AvgIpc) is 3.00. The monoisotopic (exact) mass is 357 g/mol. The van der Waals surface area contributed by atoms with Crippen LogP contribution < -0.4 is 5.32 Å². The van der Waals surface area contributed by atoms with Gasteiger partial charge in [0.25, 0.3) is 0 Å². The summed E-state index contributed by atoms with van der Waals surface area (Å²) in [7, 11) is 1.91. The first-order valence-corrected chi connectivity index (χ1v) is 8.99. The minimum Gasteiger partial charge on any atom is -0.507 e. The highest BCUT2D eigenvalue weighted by Crippen LogP contribution is 2.33. The van der Waals surface area contributed by atoms with Gasteiger partial charge in [0, 0.05) is 43.2 Å². The molecule has 0 saturated carbocycles. The predicted molar refractivity (Wildman–Crippen MR) is 104 cm³/mol. The molecule has 0 radical (unpaired) electrons. The number of phenols is 1. The van der Waals surface area contributed by atoms with Crippen molar-refractivity contribution in [2.75, 3.05) is 13.1 Å². The SMILES string of the molecule is Cn1cc2cc(-c3ccc(-c4ccc(C5CNC5)nn4)c(O)c3)ccc2n1. The van der Waals surface area contributed by atoms with Gasteiger partial charge in [-0.05, 0) is 47.5 Å². The normalized spacial score (nSPS) is 14.4. The Balaban J connectivity index is 1.47. The molecule has 6 nitrogen and oxygen atoms in total. The number of benzene rings is 2. The minimum atomic E-state index is 0.200. The Labute approximate surface area is 156 Å². The Kier molecular flexibility index (Phi) is 3.65. The van der Waals surface area contributed by atoms with E-state index < -0.39 is 0 Å². The van der Waals surface area contributed by atoms with E-state index in [4.69, 9.17) is 0 Å². The average molecular weight is 357 g/mol. The van der Waals surface area contributed by atoms with E-state index in [2.05, 4.69) is 26.7 Å². The highest BCUT2D eigenvalue weighted by Gasteiger charge is 2.20. The number of nitrogens with zero attached hydrogens (tertiary/aromatic N) is 4. The molecule has 1 aliphatic heterocycles. The van der Waals surface area contributed by atoms with Gasteiger partial charge in [-0.25, -0.2) is 0 Å². The maximum atomic E-state index is 10.6. The number of aromatic hydroxyl groups is 1. The smallest absolute Gasteiger partial charge is 0.125 e. The molecule has 0 unspecified atom stereocenters. The lowest BCUT2D eigenvalue weighted by Gasteiger charge is -2.25. The quantitative estimate of drug-likeness (QED) is 0.589. The van der Waals surface area contributed by atoms with Crippen LogP contribution in [0.25, 0.3) is 33.3 Å². The number of hydrogen-bond acceptors (Lipinski definition) is 5. The molecule has 1 saturated heterocycles. The summed E-state index contributed by atoms with van der Waals surface area (Å²) in [6.45, 7) is 1.91. The predicted octanol–water partition coefficient (Wildman–Crippen LogP) is 3.09. The number of rotatable bonds is 3. The van der Waals surface area contributed by atoms with Crippen LogP contribution in [-0.4, -0.2) is 38.2 Å². The fourth-order valence-corrected chi connectivity index (χ4v) is 3.46. The largest absolute Gasteiger partial charge is 0.507 e.